The molecule has 0 heterocycles. The van der Waals surface area contributed by atoms with Crippen LogP contribution in [0.3, 0.4) is 0 Å². The molecule has 0 N–H and O–H groups in total. The number of carbonyl (C=O) groups is 2. The highest BCUT2D eigenvalue weighted by Crippen LogP contribution is 2.43. The molecule has 0 aliphatic heterocycles. The number of carbonyl (C=O) groups excluding carboxylic acids is 2. The Bertz CT molecular complexity index is 902. The van der Waals surface area contributed by atoms with Gasteiger partial charge in [0, 0.05) is 22.8 Å². The first kappa shape index (κ1) is 19.6. The van der Waals surface area contributed by atoms with Crippen LogP contribution >= 0.6 is 23.4 Å². The summed E-state index contributed by atoms with van der Waals surface area (Å²) < 4.78 is 18.7. The maximum atomic E-state index is 13.1. The van der Waals surface area contributed by atoms with Crippen molar-refractivity contribution in [3.8, 4) is 0 Å². The summed E-state index contributed by atoms with van der Waals surface area (Å²) >= 11 is 7.18. The number of ketones is 1. The number of benzene rings is 2. The van der Waals surface area contributed by atoms with Gasteiger partial charge in [-0.05, 0) is 53.9 Å². The maximum absolute atomic E-state index is 13.1. The molecule has 0 aromatic heterocycles. The number of hydrogen-bond acceptors (Lipinski definition) is 4. The molecule has 6 heteroatoms. The van der Waals surface area contributed by atoms with Gasteiger partial charge in [0.25, 0.3) is 0 Å². The smallest absolute Gasteiger partial charge is 0.343 e. The molecular weight excluding hydrogens is 387 g/mol. The molecule has 0 fully saturated rings. The zero-order valence-corrected chi connectivity index (χ0v) is 16.5. The van der Waals surface area contributed by atoms with Crippen LogP contribution in [0.25, 0.3) is 0 Å². The van der Waals surface area contributed by atoms with Gasteiger partial charge in [-0.2, -0.15) is 0 Å². The number of thioether (sulfide) groups is 1. The van der Waals surface area contributed by atoms with Crippen molar-refractivity contribution in [1.82, 2.24) is 0 Å². The number of rotatable bonds is 4. The standard InChI is InChI=1S/C21H18ClFO3S/c1-21(2)11-17(24)19(27-16-9-5-14(22)6-10-16)18(12-21)26-20(25)13-3-7-15(23)8-4-13/h3-10H,11-12H2,1-2H3. The number of halogens is 2. The van der Waals surface area contributed by atoms with Crippen molar-refractivity contribution in [2.24, 2.45) is 5.41 Å². The number of hydrogen-bond donors (Lipinski definition) is 0. The zero-order valence-electron chi connectivity index (χ0n) is 14.9. The molecule has 140 valence electrons. The summed E-state index contributed by atoms with van der Waals surface area (Å²) in [5, 5.41) is 0.604. The Balaban J connectivity index is 1.91. The molecule has 0 bridgehead atoms. The Kier molecular flexibility index (Phi) is 5.72. The minimum Gasteiger partial charge on any atom is -0.426 e. The topological polar surface area (TPSA) is 43.4 Å². The van der Waals surface area contributed by atoms with Crippen molar-refractivity contribution < 1.29 is 18.7 Å². The summed E-state index contributed by atoms with van der Waals surface area (Å²) in [6, 6.07) is 12.2. The molecule has 1 aliphatic carbocycles. The van der Waals surface area contributed by atoms with Gasteiger partial charge in [-0.3, -0.25) is 4.79 Å². The van der Waals surface area contributed by atoms with E-state index < -0.39 is 11.8 Å². The van der Waals surface area contributed by atoms with E-state index in [1.54, 1.807) is 12.1 Å². The summed E-state index contributed by atoms with van der Waals surface area (Å²) in [7, 11) is 0. The molecule has 3 nitrogen and oxygen atoms in total. The maximum Gasteiger partial charge on any atom is 0.343 e. The summed E-state index contributed by atoms with van der Waals surface area (Å²) in [6.07, 6.45) is 0.835. The Labute approximate surface area is 166 Å². The molecule has 0 unspecified atom stereocenters. The van der Waals surface area contributed by atoms with Gasteiger partial charge in [0.2, 0.25) is 0 Å². The average molecular weight is 405 g/mol. The second kappa shape index (κ2) is 7.87. The van der Waals surface area contributed by atoms with Gasteiger partial charge in [0.1, 0.15) is 11.6 Å². The fraction of sp³-hybridized carbons (Fsp3) is 0.238. The summed E-state index contributed by atoms with van der Waals surface area (Å²) in [5.41, 5.74) is -0.0740. The molecule has 3 rings (SSSR count). The van der Waals surface area contributed by atoms with Crippen LogP contribution in [0.4, 0.5) is 4.39 Å². The summed E-state index contributed by atoms with van der Waals surface area (Å²) in [5.74, 6) is -0.748. The van der Waals surface area contributed by atoms with Crippen LogP contribution in [-0.4, -0.2) is 11.8 Å². The SMILES string of the molecule is CC1(C)CC(=O)C(Sc2ccc(Cl)cc2)=C(OC(=O)c2ccc(F)cc2)C1. The van der Waals surface area contributed by atoms with E-state index in [1.165, 1.54) is 36.0 Å². The lowest BCUT2D eigenvalue weighted by Gasteiger charge is -2.31. The molecule has 0 amide bonds. The molecule has 0 saturated heterocycles. The molecule has 1 aliphatic rings. The van der Waals surface area contributed by atoms with E-state index in [9.17, 15) is 14.0 Å². The first-order chi connectivity index (χ1) is 12.7. The normalized spacial score (nSPS) is 16.4. The molecular formula is C21H18ClFO3S. The van der Waals surface area contributed by atoms with E-state index in [-0.39, 0.29) is 16.8 Å². The minimum atomic E-state index is -0.607. The molecule has 0 radical (unpaired) electrons. The monoisotopic (exact) mass is 404 g/mol. The van der Waals surface area contributed by atoms with Crippen molar-refractivity contribution >= 4 is 35.1 Å². The van der Waals surface area contributed by atoms with Crippen molar-refractivity contribution in [3.63, 3.8) is 0 Å². The molecule has 0 saturated carbocycles. The van der Waals surface area contributed by atoms with Crippen LogP contribution < -0.4 is 0 Å². The predicted molar refractivity (Wildman–Crippen MR) is 104 cm³/mol. The fourth-order valence-electron chi connectivity index (χ4n) is 2.82. The number of Topliss-reactive ketones (excluding diaryl/α,β-unsaturated/α-hetero) is 1. The van der Waals surface area contributed by atoms with E-state index in [1.807, 2.05) is 26.0 Å². The molecule has 2 aromatic rings. The van der Waals surface area contributed by atoms with Gasteiger partial charge in [-0.25, -0.2) is 9.18 Å². The Morgan fingerprint density at radius 2 is 1.70 bits per heavy atom. The lowest BCUT2D eigenvalue weighted by Crippen LogP contribution is -2.26. The van der Waals surface area contributed by atoms with Crippen LogP contribution in [0.5, 0.6) is 0 Å². The van der Waals surface area contributed by atoms with Crippen molar-refractivity contribution in [2.45, 2.75) is 31.6 Å². The van der Waals surface area contributed by atoms with E-state index >= 15 is 0 Å². The fourth-order valence-corrected chi connectivity index (χ4v) is 3.87. The first-order valence-corrected chi connectivity index (χ1v) is 9.60. The van der Waals surface area contributed by atoms with Crippen LogP contribution in [0.15, 0.2) is 64.1 Å². The third kappa shape index (κ3) is 4.99. The third-order valence-corrected chi connectivity index (χ3v) is 5.53. The van der Waals surface area contributed by atoms with Crippen molar-refractivity contribution in [3.05, 3.63) is 75.6 Å². The second-order valence-corrected chi connectivity index (χ2v) is 8.67. The summed E-state index contributed by atoms with van der Waals surface area (Å²) in [6.45, 7) is 3.92. The Morgan fingerprint density at radius 1 is 1.07 bits per heavy atom. The number of allylic oxidation sites excluding steroid dienone is 2. The largest absolute Gasteiger partial charge is 0.426 e. The van der Waals surface area contributed by atoms with Crippen LogP contribution in [-0.2, 0) is 9.53 Å². The van der Waals surface area contributed by atoms with E-state index in [2.05, 4.69) is 0 Å². The molecule has 0 atom stereocenters. The van der Waals surface area contributed by atoms with Crippen molar-refractivity contribution in [1.29, 1.82) is 0 Å². The lowest BCUT2D eigenvalue weighted by atomic mass is 9.79. The molecule has 27 heavy (non-hydrogen) atoms. The number of esters is 1. The summed E-state index contributed by atoms with van der Waals surface area (Å²) in [4.78, 5) is 26.4. The van der Waals surface area contributed by atoms with Gasteiger partial charge in [-0.15, -0.1) is 0 Å². The molecule has 0 spiro atoms. The van der Waals surface area contributed by atoms with Gasteiger partial charge in [0.05, 0.1) is 10.5 Å². The van der Waals surface area contributed by atoms with Crippen LogP contribution in [0, 0.1) is 11.2 Å². The van der Waals surface area contributed by atoms with Gasteiger partial charge < -0.3 is 4.74 Å². The van der Waals surface area contributed by atoms with Gasteiger partial charge >= 0.3 is 5.97 Å². The van der Waals surface area contributed by atoms with Crippen molar-refractivity contribution in [2.75, 3.05) is 0 Å². The molecule has 2 aromatic carbocycles. The predicted octanol–water partition coefficient (Wildman–Crippen LogP) is 6.03. The van der Waals surface area contributed by atoms with E-state index in [0.29, 0.717) is 28.5 Å². The van der Waals surface area contributed by atoms with Gasteiger partial charge in [-0.1, -0.05) is 37.2 Å². The zero-order chi connectivity index (χ0) is 19.6. The quantitative estimate of drug-likeness (QED) is 0.583. The van der Waals surface area contributed by atoms with Crippen LogP contribution in [0.1, 0.15) is 37.0 Å². The second-order valence-electron chi connectivity index (χ2n) is 7.15. The van der Waals surface area contributed by atoms with Gasteiger partial charge in [0.15, 0.2) is 5.78 Å². The third-order valence-electron chi connectivity index (χ3n) is 4.11. The first-order valence-electron chi connectivity index (χ1n) is 8.41. The number of ether oxygens (including phenoxy) is 1. The Hall–Kier alpha value is -2.11. The highest BCUT2D eigenvalue weighted by Gasteiger charge is 2.35. The van der Waals surface area contributed by atoms with E-state index in [0.717, 1.165) is 4.90 Å². The van der Waals surface area contributed by atoms with E-state index in [4.69, 9.17) is 16.3 Å². The average Bonchev–Trinajstić information content (AvgIpc) is 2.59. The lowest BCUT2D eigenvalue weighted by molar-refractivity contribution is -0.117. The highest BCUT2D eigenvalue weighted by molar-refractivity contribution is 8.04. The highest BCUT2D eigenvalue weighted by atomic mass is 35.5. The minimum absolute atomic E-state index is 0.0619. The van der Waals surface area contributed by atoms with Crippen LogP contribution in [0.2, 0.25) is 5.02 Å². The Morgan fingerprint density at radius 3 is 2.33 bits per heavy atom.